The molecule has 0 spiro atoms. The van der Waals surface area contributed by atoms with E-state index < -0.39 is 6.10 Å². The predicted molar refractivity (Wildman–Crippen MR) is 86.6 cm³/mol. The molecule has 0 radical (unpaired) electrons. The van der Waals surface area contributed by atoms with E-state index in [4.69, 9.17) is 0 Å². The van der Waals surface area contributed by atoms with E-state index in [9.17, 15) is 9.90 Å². The third-order valence-corrected chi connectivity index (χ3v) is 3.86. The third kappa shape index (κ3) is 5.65. The van der Waals surface area contributed by atoms with Crippen LogP contribution in [0.15, 0.2) is 30.3 Å². The van der Waals surface area contributed by atoms with Crippen molar-refractivity contribution in [2.24, 2.45) is 0 Å². The number of benzene rings is 1. The maximum absolute atomic E-state index is 11.4. The van der Waals surface area contributed by atoms with Gasteiger partial charge in [-0.1, -0.05) is 36.8 Å². The van der Waals surface area contributed by atoms with Crippen LogP contribution in [0.2, 0.25) is 0 Å². The summed E-state index contributed by atoms with van der Waals surface area (Å²) in [5.74, 6) is -0.0965. The first kappa shape index (κ1) is 18.0. The molecule has 1 aliphatic heterocycles. The van der Waals surface area contributed by atoms with Crippen LogP contribution in [0.25, 0.3) is 0 Å². The zero-order chi connectivity index (χ0) is 14.4. The largest absolute Gasteiger partial charge is 0.389 e. The fraction of sp³-hybridized carbons (Fsp3) is 0.562. The first-order chi connectivity index (χ1) is 9.66. The topological polar surface area (TPSA) is 61.4 Å². The Morgan fingerprint density at radius 2 is 2.10 bits per heavy atom. The second-order valence-corrected chi connectivity index (χ2v) is 5.54. The number of nitrogens with one attached hydrogen (secondary N) is 2. The fourth-order valence-corrected chi connectivity index (χ4v) is 2.84. The molecule has 0 bridgehead atoms. The molecule has 1 amide bonds. The number of piperidine rings is 1. The lowest BCUT2D eigenvalue weighted by atomic mass is 9.91. The van der Waals surface area contributed by atoms with Crippen LogP contribution in [-0.4, -0.2) is 35.7 Å². The van der Waals surface area contributed by atoms with Crippen molar-refractivity contribution in [3.63, 3.8) is 0 Å². The average Bonchev–Trinajstić information content (AvgIpc) is 2.47. The minimum absolute atomic E-state index is 0. The van der Waals surface area contributed by atoms with E-state index in [1.54, 1.807) is 0 Å². The van der Waals surface area contributed by atoms with Crippen molar-refractivity contribution in [2.75, 3.05) is 6.54 Å². The van der Waals surface area contributed by atoms with Gasteiger partial charge in [-0.25, -0.2) is 0 Å². The number of halogens is 1. The van der Waals surface area contributed by atoms with E-state index in [0.717, 1.165) is 31.4 Å². The first-order valence-electron chi connectivity index (χ1n) is 7.39. The Morgan fingerprint density at radius 3 is 2.67 bits per heavy atom. The van der Waals surface area contributed by atoms with Crippen LogP contribution in [-0.2, 0) is 11.2 Å². The number of amides is 1. The van der Waals surface area contributed by atoms with Crippen LogP contribution >= 0.6 is 12.4 Å². The Bertz CT molecular complexity index is 422. The highest BCUT2D eigenvalue weighted by atomic mass is 35.5. The van der Waals surface area contributed by atoms with E-state index in [0.29, 0.717) is 6.42 Å². The molecule has 21 heavy (non-hydrogen) atoms. The van der Waals surface area contributed by atoms with Gasteiger partial charge in [0.25, 0.3) is 0 Å². The maximum Gasteiger partial charge on any atom is 0.217 e. The zero-order valence-corrected chi connectivity index (χ0v) is 13.2. The maximum atomic E-state index is 11.4. The fourth-order valence-electron chi connectivity index (χ4n) is 2.84. The first-order valence-corrected chi connectivity index (χ1v) is 7.39. The number of carbonyl (C=O) groups excluding carboxylic acids is 1. The lowest BCUT2D eigenvalue weighted by Crippen LogP contribution is -2.54. The summed E-state index contributed by atoms with van der Waals surface area (Å²) in [5, 5.41) is 16.8. The van der Waals surface area contributed by atoms with Gasteiger partial charge in [-0.15, -0.1) is 12.4 Å². The zero-order valence-electron chi connectivity index (χ0n) is 12.4. The van der Waals surface area contributed by atoms with E-state index >= 15 is 0 Å². The molecule has 1 unspecified atom stereocenters. The molecule has 1 aromatic rings. The Kier molecular flexibility index (Phi) is 7.72. The summed E-state index contributed by atoms with van der Waals surface area (Å²) in [6.45, 7) is 2.44. The lowest BCUT2D eigenvalue weighted by Gasteiger charge is -2.33. The Balaban J connectivity index is 0.00000220. The molecule has 5 heteroatoms. The highest BCUT2D eigenvalue weighted by molar-refractivity contribution is 5.85. The third-order valence-electron chi connectivity index (χ3n) is 3.86. The van der Waals surface area contributed by atoms with Crippen molar-refractivity contribution in [2.45, 2.75) is 50.8 Å². The normalized spacial score (nSPS) is 21.0. The van der Waals surface area contributed by atoms with Gasteiger partial charge in [0.05, 0.1) is 12.1 Å². The second kappa shape index (κ2) is 9.03. The van der Waals surface area contributed by atoms with Gasteiger partial charge >= 0.3 is 0 Å². The molecular weight excluding hydrogens is 288 g/mol. The summed E-state index contributed by atoms with van der Waals surface area (Å²) in [4.78, 5) is 11.4. The number of rotatable bonds is 5. The molecule has 0 saturated carbocycles. The molecule has 3 atom stereocenters. The van der Waals surface area contributed by atoms with Crippen molar-refractivity contribution >= 4 is 18.3 Å². The van der Waals surface area contributed by atoms with Crippen molar-refractivity contribution in [1.29, 1.82) is 0 Å². The lowest BCUT2D eigenvalue weighted by molar-refractivity contribution is -0.120. The van der Waals surface area contributed by atoms with E-state index in [2.05, 4.69) is 10.6 Å². The monoisotopic (exact) mass is 312 g/mol. The number of aliphatic hydroxyl groups is 1. The number of carbonyl (C=O) groups is 1. The SMILES string of the molecule is CC(=O)N[C@@H](Cc1ccccc1)[C@@H](O)C1CCCCN1.Cl. The second-order valence-electron chi connectivity index (χ2n) is 5.54. The molecule has 3 N–H and O–H groups in total. The number of hydrogen-bond donors (Lipinski definition) is 3. The van der Waals surface area contributed by atoms with E-state index in [-0.39, 0.29) is 30.4 Å². The van der Waals surface area contributed by atoms with Crippen molar-refractivity contribution in [3.05, 3.63) is 35.9 Å². The minimum Gasteiger partial charge on any atom is -0.389 e. The van der Waals surface area contributed by atoms with E-state index in [1.165, 1.54) is 6.92 Å². The van der Waals surface area contributed by atoms with Crippen LogP contribution in [0.4, 0.5) is 0 Å². The highest BCUT2D eigenvalue weighted by Gasteiger charge is 2.29. The summed E-state index contributed by atoms with van der Waals surface area (Å²) in [6.07, 6.45) is 3.35. The van der Waals surface area contributed by atoms with Crippen molar-refractivity contribution in [1.82, 2.24) is 10.6 Å². The van der Waals surface area contributed by atoms with Crippen LogP contribution in [0.3, 0.4) is 0 Å². The molecule has 0 aliphatic carbocycles. The molecule has 2 rings (SSSR count). The van der Waals surface area contributed by atoms with Crippen LogP contribution in [0, 0.1) is 0 Å². The van der Waals surface area contributed by atoms with E-state index in [1.807, 2.05) is 30.3 Å². The standard InChI is InChI=1S/C16H24N2O2.ClH/c1-12(19)18-15(11-13-7-3-2-4-8-13)16(20)14-9-5-6-10-17-14;/h2-4,7-8,14-17,20H,5-6,9-11H2,1H3,(H,18,19);1H/t14?,15-,16-;/m0./s1. The van der Waals surface area contributed by atoms with Crippen molar-refractivity contribution in [3.8, 4) is 0 Å². The summed E-state index contributed by atoms with van der Waals surface area (Å²) in [6, 6.07) is 9.80. The molecule has 4 nitrogen and oxygen atoms in total. The molecule has 1 aliphatic rings. The van der Waals surface area contributed by atoms with Gasteiger partial charge in [-0.05, 0) is 31.4 Å². The molecule has 0 aromatic heterocycles. The van der Waals surface area contributed by atoms with Gasteiger partial charge in [-0.3, -0.25) is 4.79 Å². The van der Waals surface area contributed by atoms with Crippen LogP contribution < -0.4 is 10.6 Å². The highest BCUT2D eigenvalue weighted by Crippen LogP contribution is 2.15. The Hall–Kier alpha value is -1.10. The average molecular weight is 313 g/mol. The summed E-state index contributed by atoms with van der Waals surface area (Å²) >= 11 is 0. The molecule has 1 heterocycles. The Labute approximate surface area is 132 Å². The number of aliphatic hydroxyl groups excluding tert-OH is 1. The van der Waals surface area contributed by atoms with Gasteiger partial charge in [0, 0.05) is 13.0 Å². The van der Waals surface area contributed by atoms with Gasteiger partial charge in [0.2, 0.25) is 5.91 Å². The predicted octanol–water partition coefficient (Wildman–Crippen LogP) is 1.66. The van der Waals surface area contributed by atoms with Crippen molar-refractivity contribution < 1.29 is 9.90 Å². The minimum atomic E-state index is -0.556. The molecule has 1 aromatic carbocycles. The van der Waals surface area contributed by atoms with Gasteiger partial charge < -0.3 is 15.7 Å². The quantitative estimate of drug-likeness (QED) is 0.775. The summed E-state index contributed by atoms with van der Waals surface area (Å²) < 4.78 is 0. The Morgan fingerprint density at radius 1 is 1.38 bits per heavy atom. The molecular formula is C16H25ClN2O2. The van der Waals surface area contributed by atoms with Gasteiger partial charge in [0.15, 0.2) is 0 Å². The molecule has 118 valence electrons. The van der Waals surface area contributed by atoms with Gasteiger partial charge in [-0.2, -0.15) is 0 Å². The molecule has 1 fully saturated rings. The van der Waals surface area contributed by atoms with Crippen LogP contribution in [0.5, 0.6) is 0 Å². The molecule has 1 saturated heterocycles. The number of hydrogen-bond acceptors (Lipinski definition) is 3. The summed E-state index contributed by atoms with van der Waals surface area (Å²) in [5.41, 5.74) is 1.13. The van der Waals surface area contributed by atoms with Crippen LogP contribution in [0.1, 0.15) is 31.7 Å². The summed E-state index contributed by atoms with van der Waals surface area (Å²) in [7, 11) is 0. The van der Waals surface area contributed by atoms with Gasteiger partial charge in [0.1, 0.15) is 0 Å². The smallest absolute Gasteiger partial charge is 0.217 e.